The van der Waals surface area contributed by atoms with E-state index in [9.17, 15) is 14.4 Å². The highest BCUT2D eigenvalue weighted by Gasteiger charge is 2.39. The first-order chi connectivity index (χ1) is 13.5. The van der Waals surface area contributed by atoms with E-state index in [1.54, 1.807) is 18.3 Å². The van der Waals surface area contributed by atoms with Gasteiger partial charge < -0.3 is 10.6 Å². The molecule has 1 atom stereocenters. The van der Waals surface area contributed by atoms with Gasteiger partial charge in [-0.25, -0.2) is 9.69 Å². The standard InChI is InChI=1S/C21H24N4O3/c1-14(2)15-6-8-17(9-7-15)25-20(27)18(24-21(25)28)13-19(26)23-12-10-16-5-3-4-11-22-16/h3-9,11,14,18H,10,12-13H2,1-2H3,(H,23,26)(H,24,28)/t18-/m0/s1. The van der Waals surface area contributed by atoms with E-state index in [0.29, 0.717) is 24.6 Å². The number of imide groups is 1. The van der Waals surface area contributed by atoms with Crippen LogP contribution in [0.3, 0.4) is 0 Å². The van der Waals surface area contributed by atoms with Crippen LogP contribution in [0, 0.1) is 0 Å². The van der Waals surface area contributed by atoms with E-state index in [0.717, 1.165) is 16.2 Å². The number of urea groups is 1. The lowest BCUT2D eigenvalue weighted by Gasteiger charge is -2.14. The molecule has 2 N–H and O–H groups in total. The van der Waals surface area contributed by atoms with Crippen LogP contribution in [-0.4, -0.2) is 35.4 Å². The summed E-state index contributed by atoms with van der Waals surface area (Å²) in [6.45, 7) is 4.57. The quantitative estimate of drug-likeness (QED) is 0.722. The zero-order valence-electron chi connectivity index (χ0n) is 16.0. The van der Waals surface area contributed by atoms with Crippen LogP contribution in [0.5, 0.6) is 0 Å². The molecule has 0 bridgehead atoms. The molecule has 1 aliphatic heterocycles. The van der Waals surface area contributed by atoms with E-state index >= 15 is 0 Å². The third-order valence-electron chi connectivity index (χ3n) is 4.66. The van der Waals surface area contributed by atoms with Crippen molar-refractivity contribution in [2.24, 2.45) is 0 Å². The number of hydrogen-bond donors (Lipinski definition) is 2. The number of pyridine rings is 1. The second-order valence-corrected chi connectivity index (χ2v) is 7.05. The summed E-state index contributed by atoms with van der Waals surface area (Å²) in [5.41, 5.74) is 2.51. The van der Waals surface area contributed by atoms with Gasteiger partial charge in [-0.1, -0.05) is 32.0 Å². The number of amides is 4. The maximum absolute atomic E-state index is 12.6. The van der Waals surface area contributed by atoms with Crippen molar-refractivity contribution >= 4 is 23.5 Å². The average Bonchev–Trinajstić information content (AvgIpc) is 2.96. The van der Waals surface area contributed by atoms with Gasteiger partial charge in [0.1, 0.15) is 6.04 Å². The van der Waals surface area contributed by atoms with Gasteiger partial charge in [0.25, 0.3) is 5.91 Å². The Labute approximate surface area is 164 Å². The molecule has 2 heterocycles. The molecule has 0 aliphatic carbocycles. The molecular formula is C21H24N4O3. The number of anilines is 1. The fraction of sp³-hybridized carbons (Fsp3) is 0.333. The van der Waals surface area contributed by atoms with E-state index < -0.39 is 18.0 Å². The lowest BCUT2D eigenvalue weighted by molar-refractivity contribution is -0.125. The molecule has 0 spiro atoms. The molecule has 28 heavy (non-hydrogen) atoms. The zero-order chi connectivity index (χ0) is 20.1. The number of aromatic nitrogens is 1. The predicted molar refractivity (Wildman–Crippen MR) is 106 cm³/mol. The van der Waals surface area contributed by atoms with Gasteiger partial charge in [0.15, 0.2) is 0 Å². The molecule has 2 aromatic rings. The van der Waals surface area contributed by atoms with Crippen LogP contribution in [0.15, 0.2) is 48.7 Å². The average molecular weight is 380 g/mol. The van der Waals surface area contributed by atoms with Crippen molar-refractivity contribution in [3.63, 3.8) is 0 Å². The lowest BCUT2D eigenvalue weighted by Crippen LogP contribution is -2.37. The molecule has 3 rings (SSSR count). The Morgan fingerprint density at radius 1 is 1.18 bits per heavy atom. The SMILES string of the molecule is CC(C)c1ccc(N2C(=O)N[C@@H](CC(=O)NCCc3ccccn3)C2=O)cc1. The largest absolute Gasteiger partial charge is 0.356 e. The van der Waals surface area contributed by atoms with Gasteiger partial charge in [-0.3, -0.25) is 14.6 Å². The third-order valence-corrected chi connectivity index (χ3v) is 4.66. The summed E-state index contributed by atoms with van der Waals surface area (Å²) in [6.07, 6.45) is 2.21. The summed E-state index contributed by atoms with van der Waals surface area (Å²) in [6, 6.07) is 11.6. The van der Waals surface area contributed by atoms with Crippen molar-refractivity contribution in [2.75, 3.05) is 11.4 Å². The first-order valence-electron chi connectivity index (χ1n) is 9.36. The minimum Gasteiger partial charge on any atom is -0.356 e. The van der Waals surface area contributed by atoms with Crippen LogP contribution < -0.4 is 15.5 Å². The number of nitrogens with zero attached hydrogens (tertiary/aromatic N) is 2. The van der Waals surface area contributed by atoms with Gasteiger partial charge in [-0.15, -0.1) is 0 Å². The minimum atomic E-state index is -0.855. The monoisotopic (exact) mass is 380 g/mol. The summed E-state index contributed by atoms with van der Waals surface area (Å²) >= 11 is 0. The summed E-state index contributed by atoms with van der Waals surface area (Å²) in [7, 11) is 0. The van der Waals surface area contributed by atoms with E-state index in [1.807, 2.05) is 30.3 Å². The van der Waals surface area contributed by atoms with Gasteiger partial charge in [-0.2, -0.15) is 0 Å². The van der Waals surface area contributed by atoms with Crippen LogP contribution in [0.25, 0.3) is 0 Å². The summed E-state index contributed by atoms with van der Waals surface area (Å²) in [4.78, 5) is 42.3. The van der Waals surface area contributed by atoms with Crippen molar-refractivity contribution in [1.82, 2.24) is 15.6 Å². The molecule has 146 valence electrons. The molecule has 1 aromatic heterocycles. The molecule has 1 saturated heterocycles. The molecule has 7 heteroatoms. The van der Waals surface area contributed by atoms with Crippen molar-refractivity contribution in [3.8, 4) is 0 Å². The van der Waals surface area contributed by atoms with Crippen molar-refractivity contribution in [3.05, 3.63) is 59.9 Å². The predicted octanol–water partition coefficient (Wildman–Crippen LogP) is 2.38. The van der Waals surface area contributed by atoms with Gasteiger partial charge in [0.05, 0.1) is 12.1 Å². The van der Waals surface area contributed by atoms with Gasteiger partial charge in [0.2, 0.25) is 5.91 Å². The van der Waals surface area contributed by atoms with Crippen LogP contribution >= 0.6 is 0 Å². The summed E-state index contributed by atoms with van der Waals surface area (Å²) in [5, 5.41) is 5.36. The van der Waals surface area contributed by atoms with E-state index in [2.05, 4.69) is 29.5 Å². The Hall–Kier alpha value is -3.22. The molecular weight excluding hydrogens is 356 g/mol. The maximum atomic E-state index is 12.6. The Kier molecular flexibility index (Phi) is 6.03. The highest BCUT2D eigenvalue weighted by Crippen LogP contribution is 2.23. The molecule has 0 radical (unpaired) electrons. The lowest BCUT2D eigenvalue weighted by atomic mass is 10.0. The third kappa shape index (κ3) is 4.54. The van der Waals surface area contributed by atoms with E-state index in [-0.39, 0.29) is 12.3 Å². The van der Waals surface area contributed by atoms with Crippen molar-refractivity contribution in [1.29, 1.82) is 0 Å². The Morgan fingerprint density at radius 2 is 1.93 bits per heavy atom. The highest BCUT2D eigenvalue weighted by molar-refractivity contribution is 6.22. The van der Waals surface area contributed by atoms with Crippen molar-refractivity contribution in [2.45, 2.75) is 38.6 Å². The summed E-state index contributed by atoms with van der Waals surface area (Å²) in [5.74, 6) is -0.339. The molecule has 1 aromatic carbocycles. The molecule has 0 saturated carbocycles. The summed E-state index contributed by atoms with van der Waals surface area (Å²) < 4.78 is 0. The molecule has 7 nitrogen and oxygen atoms in total. The van der Waals surface area contributed by atoms with Crippen LogP contribution in [0.4, 0.5) is 10.5 Å². The van der Waals surface area contributed by atoms with Crippen LogP contribution in [0.2, 0.25) is 0 Å². The molecule has 1 fully saturated rings. The van der Waals surface area contributed by atoms with Crippen molar-refractivity contribution < 1.29 is 14.4 Å². The topological polar surface area (TPSA) is 91.4 Å². The first-order valence-corrected chi connectivity index (χ1v) is 9.36. The van der Waals surface area contributed by atoms with Gasteiger partial charge in [-0.05, 0) is 35.7 Å². The second-order valence-electron chi connectivity index (χ2n) is 7.05. The molecule has 1 aliphatic rings. The van der Waals surface area contributed by atoms with Crippen LogP contribution in [0.1, 0.15) is 37.4 Å². The minimum absolute atomic E-state index is 0.0899. The fourth-order valence-corrected chi connectivity index (χ4v) is 3.06. The molecule has 4 amide bonds. The smallest absolute Gasteiger partial charge is 0.329 e. The number of carbonyl (C=O) groups excluding carboxylic acids is 3. The maximum Gasteiger partial charge on any atom is 0.329 e. The van der Waals surface area contributed by atoms with Gasteiger partial charge in [0, 0.05) is 24.9 Å². The first kappa shape index (κ1) is 19.5. The number of rotatable bonds is 7. The number of nitrogens with one attached hydrogen (secondary N) is 2. The Bertz CT molecular complexity index is 850. The second kappa shape index (κ2) is 8.65. The van der Waals surface area contributed by atoms with Gasteiger partial charge >= 0.3 is 6.03 Å². The number of benzene rings is 1. The number of hydrogen-bond acceptors (Lipinski definition) is 4. The highest BCUT2D eigenvalue weighted by atomic mass is 16.2. The fourth-order valence-electron chi connectivity index (χ4n) is 3.06. The normalized spacial score (nSPS) is 16.4. The Morgan fingerprint density at radius 3 is 2.57 bits per heavy atom. The van der Waals surface area contributed by atoms with Crippen LogP contribution in [-0.2, 0) is 16.0 Å². The molecule has 0 unspecified atom stereocenters. The van der Waals surface area contributed by atoms with E-state index in [4.69, 9.17) is 0 Å². The zero-order valence-corrected chi connectivity index (χ0v) is 16.0. The van der Waals surface area contributed by atoms with E-state index in [1.165, 1.54) is 0 Å². The Balaban J connectivity index is 1.54. The number of carbonyl (C=O) groups is 3.